The fourth-order valence-electron chi connectivity index (χ4n) is 1.08. The van der Waals surface area contributed by atoms with E-state index in [4.69, 9.17) is 11.6 Å². The number of hydrogen-bond donors (Lipinski definition) is 0. The molecule has 0 N–H and O–H groups in total. The van der Waals surface area contributed by atoms with Crippen LogP contribution in [0.3, 0.4) is 0 Å². The predicted octanol–water partition coefficient (Wildman–Crippen LogP) is 4.24. The fourth-order valence-corrected chi connectivity index (χ4v) is 1.77. The van der Waals surface area contributed by atoms with Crippen molar-refractivity contribution in [2.45, 2.75) is 31.7 Å². The Hall–Kier alpha value is -0.880. The van der Waals surface area contributed by atoms with E-state index >= 15 is 0 Å². The van der Waals surface area contributed by atoms with E-state index < -0.39 is 27.5 Å². The first kappa shape index (κ1) is 16.2. The number of alkyl halides is 3. The van der Waals surface area contributed by atoms with Gasteiger partial charge in [-0.25, -0.2) is 4.21 Å². The maximum absolute atomic E-state index is 12.5. The Kier molecular flexibility index (Phi) is 4.79. The molecular weight excluding hydrogens is 299 g/mol. The second kappa shape index (κ2) is 5.63. The number of rotatable bonds is 2. The van der Waals surface area contributed by atoms with Gasteiger partial charge in [0.2, 0.25) is 0 Å². The Morgan fingerprint density at radius 3 is 2.32 bits per heavy atom. The summed E-state index contributed by atoms with van der Waals surface area (Å²) in [6.07, 6.45) is -3.34. The zero-order valence-electron chi connectivity index (χ0n) is 10.6. The first-order valence-electron chi connectivity index (χ1n) is 5.34. The molecule has 2 nitrogen and oxygen atoms in total. The number of nitrogens with zero attached hydrogens (tertiary/aromatic N) is 1. The second-order valence-corrected chi connectivity index (χ2v) is 7.17. The molecule has 1 rings (SSSR count). The van der Waals surface area contributed by atoms with Crippen LogP contribution in [-0.2, 0) is 17.2 Å². The number of halogens is 4. The fraction of sp³-hybridized carbons (Fsp3) is 0.417. The minimum Gasteiger partial charge on any atom is -0.234 e. The molecule has 0 heterocycles. The van der Waals surface area contributed by atoms with E-state index in [1.54, 1.807) is 20.8 Å². The molecule has 0 fully saturated rings. The van der Waals surface area contributed by atoms with E-state index in [9.17, 15) is 17.4 Å². The maximum atomic E-state index is 12.5. The Bertz CT molecular complexity index is 521. The molecule has 0 saturated carbocycles. The molecule has 0 spiro atoms. The lowest BCUT2D eigenvalue weighted by molar-refractivity contribution is -0.137. The van der Waals surface area contributed by atoms with Crippen molar-refractivity contribution < 1.29 is 17.4 Å². The minimum absolute atomic E-state index is 0.0918. The van der Waals surface area contributed by atoms with E-state index in [1.807, 2.05) is 0 Å². The molecule has 1 aromatic carbocycles. The van der Waals surface area contributed by atoms with Crippen molar-refractivity contribution in [1.29, 1.82) is 0 Å². The SMILES string of the molecule is CC(C)(C)[S@](=O)/N=C/c1cc(C(F)(F)F)ccc1Cl. The molecule has 0 amide bonds. The van der Waals surface area contributed by atoms with Crippen LogP contribution in [0.25, 0.3) is 0 Å². The van der Waals surface area contributed by atoms with Crippen LogP contribution in [0.1, 0.15) is 31.9 Å². The van der Waals surface area contributed by atoms with E-state index in [0.29, 0.717) is 0 Å². The summed E-state index contributed by atoms with van der Waals surface area (Å²) in [5.74, 6) is 0. The summed E-state index contributed by atoms with van der Waals surface area (Å²) >= 11 is 5.79. The van der Waals surface area contributed by atoms with Crippen LogP contribution in [0.4, 0.5) is 13.2 Å². The van der Waals surface area contributed by atoms with Gasteiger partial charge in [0.15, 0.2) is 0 Å². The lowest BCUT2D eigenvalue weighted by Crippen LogP contribution is -2.19. The van der Waals surface area contributed by atoms with E-state index in [2.05, 4.69) is 4.40 Å². The van der Waals surface area contributed by atoms with Gasteiger partial charge in [0.1, 0.15) is 11.0 Å². The van der Waals surface area contributed by atoms with Crippen LogP contribution in [-0.4, -0.2) is 15.2 Å². The van der Waals surface area contributed by atoms with E-state index in [0.717, 1.165) is 24.4 Å². The van der Waals surface area contributed by atoms with Crippen molar-refractivity contribution in [3.05, 3.63) is 34.3 Å². The van der Waals surface area contributed by atoms with Crippen molar-refractivity contribution in [3.8, 4) is 0 Å². The number of benzene rings is 1. The third-order valence-electron chi connectivity index (χ3n) is 2.13. The molecule has 0 aliphatic carbocycles. The van der Waals surface area contributed by atoms with Gasteiger partial charge < -0.3 is 0 Å². The highest BCUT2D eigenvalue weighted by molar-refractivity contribution is 7.85. The monoisotopic (exact) mass is 311 g/mol. The van der Waals surface area contributed by atoms with Crippen molar-refractivity contribution in [2.24, 2.45) is 4.40 Å². The first-order chi connectivity index (χ1) is 8.51. The lowest BCUT2D eigenvalue weighted by Gasteiger charge is -2.13. The van der Waals surface area contributed by atoms with Gasteiger partial charge in [0.05, 0.1) is 10.3 Å². The van der Waals surface area contributed by atoms with Crippen LogP contribution < -0.4 is 0 Å². The summed E-state index contributed by atoms with van der Waals surface area (Å²) in [7, 11) is -1.54. The molecule has 0 aliphatic rings. The van der Waals surface area contributed by atoms with E-state index in [-0.39, 0.29) is 10.6 Å². The van der Waals surface area contributed by atoms with Gasteiger partial charge in [-0.15, -0.1) is 0 Å². The summed E-state index contributed by atoms with van der Waals surface area (Å²) in [4.78, 5) is 0. The van der Waals surface area contributed by atoms with Gasteiger partial charge in [-0.3, -0.25) is 0 Å². The molecule has 0 aliphatic heterocycles. The maximum Gasteiger partial charge on any atom is 0.416 e. The Labute approximate surface area is 117 Å². The molecule has 1 atom stereocenters. The van der Waals surface area contributed by atoms with Crippen molar-refractivity contribution in [3.63, 3.8) is 0 Å². The molecule has 106 valence electrons. The number of hydrogen-bond acceptors (Lipinski definition) is 1. The largest absolute Gasteiger partial charge is 0.416 e. The van der Waals surface area contributed by atoms with Crippen LogP contribution >= 0.6 is 11.6 Å². The first-order valence-corrected chi connectivity index (χ1v) is 6.83. The molecule has 0 radical (unpaired) electrons. The molecule has 0 bridgehead atoms. The van der Waals surface area contributed by atoms with Crippen LogP contribution in [0.5, 0.6) is 0 Å². The van der Waals surface area contributed by atoms with Gasteiger partial charge in [0.25, 0.3) is 0 Å². The highest BCUT2D eigenvalue weighted by Gasteiger charge is 2.30. The lowest BCUT2D eigenvalue weighted by atomic mass is 10.1. The average molecular weight is 312 g/mol. The highest BCUT2D eigenvalue weighted by atomic mass is 35.5. The van der Waals surface area contributed by atoms with Gasteiger partial charge in [-0.1, -0.05) is 11.6 Å². The second-order valence-electron chi connectivity index (χ2n) is 4.83. The Balaban J connectivity index is 3.08. The van der Waals surface area contributed by atoms with Crippen molar-refractivity contribution in [1.82, 2.24) is 0 Å². The third kappa shape index (κ3) is 4.62. The van der Waals surface area contributed by atoms with Crippen molar-refractivity contribution >= 4 is 28.8 Å². The smallest absolute Gasteiger partial charge is 0.234 e. The third-order valence-corrected chi connectivity index (χ3v) is 3.82. The topological polar surface area (TPSA) is 29.4 Å². The molecule has 1 aromatic rings. The predicted molar refractivity (Wildman–Crippen MR) is 71.9 cm³/mol. The van der Waals surface area contributed by atoms with E-state index in [1.165, 1.54) is 0 Å². The van der Waals surface area contributed by atoms with Crippen LogP contribution in [0.2, 0.25) is 5.02 Å². The van der Waals surface area contributed by atoms with Gasteiger partial charge in [-0.2, -0.15) is 17.6 Å². The summed E-state index contributed by atoms with van der Waals surface area (Å²) in [5.41, 5.74) is -0.728. The highest BCUT2D eigenvalue weighted by Crippen LogP contribution is 2.31. The zero-order valence-corrected chi connectivity index (χ0v) is 12.2. The van der Waals surface area contributed by atoms with Crippen LogP contribution in [0.15, 0.2) is 22.6 Å². The van der Waals surface area contributed by atoms with Gasteiger partial charge in [-0.05, 0) is 39.0 Å². The van der Waals surface area contributed by atoms with Crippen molar-refractivity contribution in [2.75, 3.05) is 0 Å². The van der Waals surface area contributed by atoms with Crippen LogP contribution in [0, 0.1) is 0 Å². The summed E-state index contributed by atoms with van der Waals surface area (Å²) in [6, 6.07) is 2.91. The van der Waals surface area contributed by atoms with Gasteiger partial charge in [0, 0.05) is 16.8 Å². The average Bonchev–Trinajstić information content (AvgIpc) is 2.24. The summed E-state index contributed by atoms with van der Waals surface area (Å²) < 4.78 is 52.5. The molecular formula is C12H13ClF3NOS. The Morgan fingerprint density at radius 1 is 1.26 bits per heavy atom. The minimum atomic E-state index is -4.45. The summed E-state index contributed by atoms with van der Waals surface area (Å²) in [5, 5.41) is 0.127. The van der Waals surface area contributed by atoms with Gasteiger partial charge >= 0.3 is 6.18 Å². The zero-order chi connectivity index (χ0) is 14.8. The molecule has 0 saturated heterocycles. The Morgan fingerprint density at radius 2 is 1.84 bits per heavy atom. The molecule has 0 unspecified atom stereocenters. The summed E-state index contributed by atoms with van der Waals surface area (Å²) in [6.45, 7) is 5.15. The standard InChI is InChI=1S/C12H13ClF3NOS/c1-11(2,3)19(18)17-7-8-6-9(12(14,15)16)4-5-10(8)13/h4-7H,1-3H3/b17-7+/t19-/m0/s1. The molecule has 7 heteroatoms. The quantitative estimate of drug-likeness (QED) is 0.751. The molecule has 0 aromatic heterocycles. The normalized spacial score (nSPS) is 14.9. The molecule has 19 heavy (non-hydrogen) atoms.